The predicted octanol–water partition coefficient (Wildman–Crippen LogP) is 2.33. The van der Waals surface area contributed by atoms with Crippen LogP contribution in [-0.4, -0.2) is 11.7 Å². The van der Waals surface area contributed by atoms with Crippen LogP contribution in [0, 0.1) is 5.82 Å². The summed E-state index contributed by atoms with van der Waals surface area (Å²) in [4.78, 5) is 0. The number of hydrogen-bond donors (Lipinski definition) is 2. The largest absolute Gasteiger partial charge is 0.506 e. The van der Waals surface area contributed by atoms with Gasteiger partial charge in [0.2, 0.25) is 0 Å². The molecule has 0 aliphatic carbocycles. The lowest BCUT2D eigenvalue weighted by molar-refractivity contribution is 0.361. The molecule has 1 aromatic carbocycles. The van der Waals surface area contributed by atoms with E-state index in [1.54, 1.807) is 0 Å². The average molecular weight is 246 g/mol. The maximum Gasteiger partial charge on any atom is 0.134 e. The summed E-state index contributed by atoms with van der Waals surface area (Å²) in [5, 5.41) is 12.7. The molecule has 0 radical (unpaired) electrons. The fourth-order valence-corrected chi connectivity index (χ4v) is 1.85. The van der Waals surface area contributed by atoms with Crippen molar-refractivity contribution in [1.82, 2.24) is 5.32 Å². The quantitative estimate of drug-likeness (QED) is 0.797. The highest BCUT2D eigenvalue weighted by Crippen LogP contribution is 2.36. The molecule has 1 atom stereocenters. The SMILES string of the molecule is Oc1c(Br)cc(F)cc1C1CCN1. The Morgan fingerprint density at radius 1 is 1.54 bits per heavy atom. The Kier molecular flexibility index (Phi) is 2.26. The van der Waals surface area contributed by atoms with Crippen LogP contribution in [0.25, 0.3) is 0 Å². The van der Waals surface area contributed by atoms with Gasteiger partial charge in [0.25, 0.3) is 0 Å². The number of hydrogen-bond acceptors (Lipinski definition) is 2. The number of phenols is 1. The predicted molar refractivity (Wildman–Crippen MR) is 51.1 cm³/mol. The lowest BCUT2D eigenvalue weighted by Gasteiger charge is -2.28. The maximum atomic E-state index is 13.0. The molecule has 0 amide bonds. The number of aromatic hydroxyl groups is 1. The molecule has 0 bridgehead atoms. The van der Waals surface area contributed by atoms with Gasteiger partial charge in [-0.15, -0.1) is 0 Å². The normalized spacial score (nSPS) is 21.2. The van der Waals surface area contributed by atoms with Crippen LogP contribution in [0.1, 0.15) is 18.0 Å². The number of nitrogens with one attached hydrogen (secondary N) is 1. The summed E-state index contributed by atoms with van der Waals surface area (Å²) in [7, 11) is 0. The van der Waals surface area contributed by atoms with Crippen molar-refractivity contribution in [2.24, 2.45) is 0 Å². The minimum atomic E-state index is -0.326. The van der Waals surface area contributed by atoms with E-state index < -0.39 is 0 Å². The van der Waals surface area contributed by atoms with Gasteiger partial charge in [-0.2, -0.15) is 0 Å². The van der Waals surface area contributed by atoms with E-state index in [2.05, 4.69) is 21.2 Å². The molecule has 0 saturated carbocycles. The summed E-state index contributed by atoms with van der Waals surface area (Å²) in [6, 6.07) is 2.74. The lowest BCUT2D eigenvalue weighted by Crippen LogP contribution is -2.35. The zero-order valence-corrected chi connectivity index (χ0v) is 8.44. The molecule has 1 aliphatic rings. The lowest BCUT2D eigenvalue weighted by atomic mass is 9.97. The van der Waals surface area contributed by atoms with Gasteiger partial charge in [-0.25, -0.2) is 4.39 Å². The summed E-state index contributed by atoms with van der Waals surface area (Å²) < 4.78 is 13.4. The zero-order chi connectivity index (χ0) is 9.42. The van der Waals surface area contributed by atoms with Crippen LogP contribution in [0.15, 0.2) is 16.6 Å². The Labute approximate surface area is 83.9 Å². The van der Waals surface area contributed by atoms with Crippen molar-refractivity contribution < 1.29 is 9.50 Å². The van der Waals surface area contributed by atoms with Gasteiger partial charge in [-0.3, -0.25) is 0 Å². The van der Waals surface area contributed by atoms with Crippen LogP contribution < -0.4 is 5.32 Å². The summed E-state index contributed by atoms with van der Waals surface area (Å²) in [5.74, 6) is -0.188. The Morgan fingerprint density at radius 2 is 2.23 bits per heavy atom. The molecule has 2 rings (SSSR count). The highest BCUT2D eigenvalue weighted by molar-refractivity contribution is 9.10. The van der Waals surface area contributed by atoms with Gasteiger partial charge in [0, 0.05) is 11.6 Å². The molecule has 1 saturated heterocycles. The molecular formula is C9H9BrFNO. The second kappa shape index (κ2) is 3.27. The molecular weight excluding hydrogens is 237 g/mol. The molecule has 4 heteroatoms. The second-order valence-electron chi connectivity index (χ2n) is 3.12. The van der Waals surface area contributed by atoms with Crippen molar-refractivity contribution in [3.63, 3.8) is 0 Å². The number of rotatable bonds is 1. The van der Waals surface area contributed by atoms with Gasteiger partial charge < -0.3 is 10.4 Å². The third-order valence-electron chi connectivity index (χ3n) is 2.26. The van der Waals surface area contributed by atoms with Crippen molar-refractivity contribution in [3.05, 3.63) is 28.0 Å². The first-order chi connectivity index (χ1) is 6.18. The molecule has 13 heavy (non-hydrogen) atoms. The molecule has 1 aromatic rings. The smallest absolute Gasteiger partial charge is 0.134 e. The van der Waals surface area contributed by atoms with Crippen LogP contribution in [-0.2, 0) is 0 Å². The molecule has 0 aromatic heterocycles. The standard InChI is InChI=1S/C9H9BrFNO/c10-7-4-5(11)3-6(9(7)13)8-1-2-12-8/h3-4,8,12-13H,1-2H2. The monoisotopic (exact) mass is 245 g/mol. The molecule has 1 unspecified atom stereocenters. The first-order valence-corrected chi connectivity index (χ1v) is 4.89. The third kappa shape index (κ3) is 1.56. The summed E-state index contributed by atoms with van der Waals surface area (Å²) in [6.45, 7) is 0.929. The van der Waals surface area contributed by atoms with E-state index in [1.807, 2.05) is 0 Å². The Hall–Kier alpha value is -0.610. The summed E-state index contributed by atoms with van der Waals surface area (Å²) in [5.41, 5.74) is 0.637. The van der Waals surface area contributed by atoms with E-state index in [0.717, 1.165) is 13.0 Å². The van der Waals surface area contributed by atoms with Crippen LogP contribution in [0.2, 0.25) is 0 Å². The number of phenolic OH excluding ortho intramolecular Hbond substituents is 1. The van der Waals surface area contributed by atoms with Crippen molar-refractivity contribution in [2.45, 2.75) is 12.5 Å². The highest BCUT2D eigenvalue weighted by Gasteiger charge is 2.23. The van der Waals surface area contributed by atoms with Crippen LogP contribution in [0.3, 0.4) is 0 Å². The van der Waals surface area contributed by atoms with Crippen molar-refractivity contribution >= 4 is 15.9 Å². The van der Waals surface area contributed by atoms with Gasteiger partial charge in [0.1, 0.15) is 11.6 Å². The first kappa shape index (κ1) is 8.97. The second-order valence-corrected chi connectivity index (χ2v) is 3.98. The molecule has 2 nitrogen and oxygen atoms in total. The van der Waals surface area contributed by atoms with Crippen LogP contribution in [0.4, 0.5) is 4.39 Å². The Balaban J connectivity index is 2.42. The zero-order valence-electron chi connectivity index (χ0n) is 6.85. The fourth-order valence-electron chi connectivity index (χ4n) is 1.41. The minimum absolute atomic E-state index is 0.104. The van der Waals surface area contributed by atoms with Crippen LogP contribution >= 0.6 is 15.9 Å². The Bertz CT molecular complexity index is 339. The van der Waals surface area contributed by atoms with Gasteiger partial charge in [0.05, 0.1) is 4.47 Å². The number of benzene rings is 1. The highest BCUT2D eigenvalue weighted by atomic mass is 79.9. The van der Waals surface area contributed by atoms with E-state index in [-0.39, 0.29) is 17.6 Å². The van der Waals surface area contributed by atoms with Gasteiger partial charge in [-0.05, 0) is 41.0 Å². The molecule has 2 N–H and O–H groups in total. The third-order valence-corrected chi connectivity index (χ3v) is 2.86. The molecule has 1 fully saturated rings. The summed E-state index contributed by atoms with van der Waals surface area (Å²) in [6.07, 6.45) is 0.948. The molecule has 70 valence electrons. The molecule has 1 aliphatic heterocycles. The number of halogens is 2. The van der Waals surface area contributed by atoms with E-state index in [4.69, 9.17) is 0 Å². The van der Waals surface area contributed by atoms with Gasteiger partial charge in [-0.1, -0.05) is 0 Å². The fraction of sp³-hybridized carbons (Fsp3) is 0.333. The first-order valence-electron chi connectivity index (χ1n) is 4.10. The van der Waals surface area contributed by atoms with Crippen molar-refractivity contribution in [1.29, 1.82) is 0 Å². The van der Waals surface area contributed by atoms with E-state index >= 15 is 0 Å². The van der Waals surface area contributed by atoms with E-state index in [9.17, 15) is 9.50 Å². The molecule has 0 spiro atoms. The van der Waals surface area contributed by atoms with Crippen LogP contribution in [0.5, 0.6) is 5.75 Å². The van der Waals surface area contributed by atoms with E-state index in [0.29, 0.717) is 10.0 Å². The minimum Gasteiger partial charge on any atom is -0.506 e. The van der Waals surface area contributed by atoms with Gasteiger partial charge >= 0.3 is 0 Å². The van der Waals surface area contributed by atoms with E-state index in [1.165, 1.54) is 12.1 Å². The average Bonchev–Trinajstić information content (AvgIpc) is 1.95. The van der Waals surface area contributed by atoms with Crippen molar-refractivity contribution in [3.8, 4) is 5.75 Å². The topological polar surface area (TPSA) is 32.3 Å². The maximum absolute atomic E-state index is 13.0. The summed E-state index contributed by atoms with van der Waals surface area (Å²) >= 11 is 3.10. The molecule has 1 heterocycles. The van der Waals surface area contributed by atoms with Crippen molar-refractivity contribution in [2.75, 3.05) is 6.54 Å². The van der Waals surface area contributed by atoms with Gasteiger partial charge in [0.15, 0.2) is 0 Å². The Morgan fingerprint density at radius 3 is 2.77 bits per heavy atom.